The largest absolute Gasteiger partial charge is 0.396 e. The minimum Gasteiger partial charge on any atom is -0.396 e. The standard InChI is InChI=1S/C46H96N2O6S3Si2/c1-3-5-7-9-11-13-15-17-19-21-23-37-51-41-53-43-27-29-45(49)58-47(35-31-43)33-25-39-55-57-56-40-26-34-48-36-32-44(28-30-46(50)59-48)54-42-52-38-24-22-20-18-16-14-12-10-8-6-4-2/h43-46,49-50H,3-42,58-59H2,1-2H3. The van der Waals surface area contributed by atoms with Gasteiger partial charge in [0.25, 0.3) is 0 Å². The fraction of sp³-hybridized carbons (Fsp3) is 1.00. The zero-order valence-electron chi connectivity index (χ0n) is 38.7. The van der Waals surface area contributed by atoms with E-state index in [4.69, 9.17) is 18.9 Å². The van der Waals surface area contributed by atoms with Crippen molar-refractivity contribution in [1.29, 1.82) is 0 Å². The summed E-state index contributed by atoms with van der Waals surface area (Å²) in [6.45, 7) is 11.3. The van der Waals surface area contributed by atoms with E-state index in [2.05, 4.69) is 23.0 Å². The monoisotopic (exact) mass is 925 g/mol. The van der Waals surface area contributed by atoms with Crippen LogP contribution in [0.4, 0.5) is 0 Å². The van der Waals surface area contributed by atoms with Gasteiger partial charge >= 0.3 is 0 Å². The van der Waals surface area contributed by atoms with Gasteiger partial charge in [-0.25, -0.2) is 0 Å². The number of nitrogens with zero attached hydrogens (tertiary/aromatic N) is 2. The van der Waals surface area contributed by atoms with Crippen LogP contribution < -0.4 is 0 Å². The number of hydrogen-bond acceptors (Lipinski definition) is 11. The Bertz CT molecular complexity index is 816. The van der Waals surface area contributed by atoms with Crippen molar-refractivity contribution in [1.82, 2.24) is 9.13 Å². The molecule has 2 N–H and O–H groups in total. The molecule has 0 spiro atoms. The molecule has 0 aliphatic carbocycles. The highest BCUT2D eigenvalue weighted by atomic mass is 33.5. The van der Waals surface area contributed by atoms with Crippen molar-refractivity contribution in [2.24, 2.45) is 0 Å². The van der Waals surface area contributed by atoms with Crippen LogP contribution in [0, 0.1) is 0 Å². The summed E-state index contributed by atoms with van der Waals surface area (Å²) in [6, 6.07) is 0. The molecule has 4 atom stereocenters. The van der Waals surface area contributed by atoms with E-state index in [0.29, 0.717) is 13.6 Å². The molecule has 59 heavy (non-hydrogen) atoms. The van der Waals surface area contributed by atoms with Crippen LogP contribution in [0.25, 0.3) is 0 Å². The maximum absolute atomic E-state index is 10.7. The normalized spacial score (nSPS) is 22.2. The lowest BCUT2D eigenvalue weighted by Gasteiger charge is -2.30. The molecule has 8 nitrogen and oxygen atoms in total. The lowest BCUT2D eigenvalue weighted by atomic mass is 10.1. The highest BCUT2D eigenvalue weighted by Gasteiger charge is 2.22. The minimum atomic E-state index is -0.619. The van der Waals surface area contributed by atoms with Crippen molar-refractivity contribution >= 4 is 50.8 Å². The first-order chi connectivity index (χ1) is 29.1. The summed E-state index contributed by atoms with van der Waals surface area (Å²) in [5, 5.41) is 21.4. The van der Waals surface area contributed by atoms with Gasteiger partial charge in [-0.05, 0) is 100 Å². The predicted molar refractivity (Wildman–Crippen MR) is 266 cm³/mol. The van der Waals surface area contributed by atoms with E-state index in [9.17, 15) is 10.2 Å². The molecule has 2 aliphatic heterocycles. The quantitative estimate of drug-likeness (QED) is 0.0267. The van der Waals surface area contributed by atoms with Crippen LogP contribution in [0.1, 0.15) is 206 Å². The van der Waals surface area contributed by atoms with Gasteiger partial charge in [0.1, 0.15) is 32.9 Å². The molecule has 0 saturated carbocycles. The Labute approximate surface area is 381 Å². The summed E-state index contributed by atoms with van der Waals surface area (Å²) in [5.74, 6) is 2.31. The first-order valence-corrected chi connectivity index (χ1v) is 31.9. The van der Waals surface area contributed by atoms with Crippen molar-refractivity contribution in [3.63, 3.8) is 0 Å². The van der Waals surface area contributed by atoms with Crippen molar-refractivity contribution in [3.05, 3.63) is 0 Å². The van der Waals surface area contributed by atoms with Gasteiger partial charge in [-0.1, -0.05) is 164 Å². The Morgan fingerprint density at radius 2 is 0.814 bits per heavy atom. The highest BCUT2D eigenvalue weighted by molar-refractivity contribution is 9.09. The Morgan fingerprint density at radius 1 is 0.458 bits per heavy atom. The molecule has 13 heteroatoms. The zero-order valence-corrected chi connectivity index (χ0v) is 43.9. The number of unbranched alkanes of at least 4 members (excludes halogenated alkanes) is 20. The molecule has 0 aromatic rings. The van der Waals surface area contributed by atoms with E-state index in [1.165, 1.54) is 141 Å². The van der Waals surface area contributed by atoms with Crippen molar-refractivity contribution < 1.29 is 29.2 Å². The molecule has 0 aromatic heterocycles. The smallest absolute Gasteiger partial charge is 0.147 e. The summed E-state index contributed by atoms with van der Waals surface area (Å²) in [6.07, 6.45) is 38.3. The number of ether oxygens (including phenoxy) is 4. The van der Waals surface area contributed by atoms with Crippen LogP contribution in [-0.4, -0.2) is 127 Å². The molecule has 4 unspecified atom stereocenters. The number of rotatable bonds is 40. The fourth-order valence-electron chi connectivity index (χ4n) is 8.34. The van der Waals surface area contributed by atoms with Gasteiger partial charge in [-0.3, -0.25) is 0 Å². The molecule has 0 aromatic carbocycles. The maximum atomic E-state index is 10.7. The van der Waals surface area contributed by atoms with Crippen LogP contribution in [0.15, 0.2) is 0 Å². The van der Waals surface area contributed by atoms with E-state index in [1.54, 1.807) is 0 Å². The predicted octanol–water partition coefficient (Wildman–Crippen LogP) is 10.9. The van der Waals surface area contributed by atoms with Gasteiger partial charge in [0.05, 0.1) is 23.7 Å². The van der Waals surface area contributed by atoms with E-state index < -0.39 is 19.4 Å². The zero-order chi connectivity index (χ0) is 42.1. The molecule has 2 rings (SSSR count). The van der Waals surface area contributed by atoms with Gasteiger partial charge in [0.2, 0.25) is 0 Å². The summed E-state index contributed by atoms with van der Waals surface area (Å²) in [4.78, 5) is 0. The number of hydrogen-bond donors (Lipinski definition) is 2. The molecule has 0 radical (unpaired) electrons. The molecular weight excluding hydrogens is 829 g/mol. The van der Waals surface area contributed by atoms with Gasteiger partial charge in [-0.15, -0.1) is 0 Å². The maximum Gasteiger partial charge on any atom is 0.147 e. The first kappa shape index (κ1) is 56.3. The second-order valence-corrected chi connectivity index (χ2v) is 26.6. The third-order valence-electron chi connectivity index (χ3n) is 12.2. The van der Waals surface area contributed by atoms with Crippen molar-refractivity contribution in [2.45, 2.75) is 230 Å². The van der Waals surface area contributed by atoms with Crippen LogP contribution in [0.2, 0.25) is 0 Å². The minimum absolute atomic E-state index is 0.129. The molecule has 2 fully saturated rings. The first-order valence-electron chi connectivity index (χ1n) is 25.2. The van der Waals surface area contributed by atoms with Crippen molar-refractivity contribution in [3.8, 4) is 0 Å². The molecule has 2 saturated heterocycles. The second-order valence-electron chi connectivity index (χ2n) is 17.8. The van der Waals surface area contributed by atoms with Crippen LogP contribution in [0.3, 0.4) is 0 Å². The Balaban J connectivity index is 1.40. The van der Waals surface area contributed by atoms with E-state index in [0.717, 1.165) is 102 Å². The molecule has 352 valence electrons. The van der Waals surface area contributed by atoms with Gasteiger partial charge < -0.3 is 38.3 Å². The highest BCUT2D eigenvalue weighted by Crippen LogP contribution is 2.35. The lowest BCUT2D eigenvalue weighted by Crippen LogP contribution is -2.41. The van der Waals surface area contributed by atoms with Gasteiger partial charge in [0, 0.05) is 24.7 Å². The Kier molecular flexibility index (Phi) is 41.1. The SMILES string of the molecule is CCCCCCCCCCCCCOCOC1CCC(O)[SiH2]N(CCCSSSCCCN2CCC(OCOCCCCCCCCCCCCC)CCC(O)[SiH2]2)CC1. The molecule has 0 amide bonds. The van der Waals surface area contributed by atoms with Crippen LogP contribution in [0.5, 0.6) is 0 Å². The van der Waals surface area contributed by atoms with Crippen molar-refractivity contribution in [2.75, 3.05) is 64.5 Å². The average Bonchev–Trinajstić information content (AvgIpc) is 3.22. The topological polar surface area (TPSA) is 83.9 Å². The summed E-state index contributed by atoms with van der Waals surface area (Å²) < 4.78 is 29.1. The molecule has 2 aliphatic rings. The van der Waals surface area contributed by atoms with E-state index >= 15 is 0 Å². The van der Waals surface area contributed by atoms with Crippen LogP contribution in [-0.2, 0) is 18.9 Å². The second kappa shape index (κ2) is 43.1. The Hall–Kier alpha value is 1.16. The average molecular weight is 926 g/mol. The third kappa shape index (κ3) is 36.1. The molecular formula is C46H96N2O6S3Si2. The number of aliphatic hydroxyl groups is 2. The molecule has 2 heterocycles. The van der Waals surface area contributed by atoms with Crippen LogP contribution >= 0.6 is 31.4 Å². The van der Waals surface area contributed by atoms with Gasteiger partial charge in [0.15, 0.2) is 0 Å². The Morgan fingerprint density at radius 3 is 1.19 bits per heavy atom. The summed E-state index contributed by atoms with van der Waals surface area (Å²) >= 11 is 0. The lowest BCUT2D eigenvalue weighted by molar-refractivity contribution is -0.0975. The number of aliphatic hydroxyl groups excluding tert-OH is 2. The summed E-state index contributed by atoms with van der Waals surface area (Å²) in [7, 11) is 4.67. The summed E-state index contributed by atoms with van der Waals surface area (Å²) in [5.41, 5.74) is -0.259. The van der Waals surface area contributed by atoms with E-state index in [1.807, 2.05) is 31.4 Å². The third-order valence-corrected chi connectivity index (χ3v) is 20.5. The molecule has 0 bridgehead atoms. The fourth-order valence-corrected chi connectivity index (χ4v) is 15.8. The van der Waals surface area contributed by atoms with E-state index in [-0.39, 0.29) is 23.7 Å². The van der Waals surface area contributed by atoms with Gasteiger partial charge in [-0.2, -0.15) is 0 Å².